The minimum absolute atomic E-state index is 0.149. The summed E-state index contributed by atoms with van der Waals surface area (Å²) in [5, 5.41) is 7.69. The molecule has 1 amide bonds. The topological polar surface area (TPSA) is 81.8 Å². The maximum atomic E-state index is 12.5. The minimum Gasteiger partial charge on any atom is -0.311 e. The van der Waals surface area contributed by atoms with Gasteiger partial charge < -0.3 is 5.32 Å². The van der Waals surface area contributed by atoms with Gasteiger partial charge in [-0.25, -0.2) is 9.67 Å². The molecule has 0 saturated carbocycles. The van der Waals surface area contributed by atoms with E-state index in [2.05, 4.69) is 31.3 Å². The van der Waals surface area contributed by atoms with Gasteiger partial charge in [-0.2, -0.15) is 5.10 Å². The Morgan fingerprint density at radius 2 is 1.86 bits per heavy atom. The zero-order valence-corrected chi connectivity index (χ0v) is 17.0. The number of hydrogen-bond acceptors (Lipinski definition) is 4. The number of hydrogen-bond donors (Lipinski definition) is 1. The Morgan fingerprint density at radius 3 is 2.69 bits per heavy atom. The van der Waals surface area contributed by atoms with Crippen molar-refractivity contribution in [3.05, 3.63) is 87.5 Å². The first-order valence-corrected chi connectivity index (χ1v) is 9.90. The summed E-state index contributed by atoms with van der Waals surface area (Å²) in [6, 6.07) is 16.8. The number of benzene rings is 2. The molecule has 0 unspecified atom stereocenters. The molecule has 2 aromatic heterocycles. The minimum atomic E-state index is -0.192. The summed E-state index contributed by atoms with van der Waals surface area (Å²) in [5.74, 6) is 0.421. The molecule has 0 aliphatic rings. The second-order valence-electron chi connectivity index (χ2n) is 6.56. The fraction of sp³-hybridized carbons (Fsp3) is 0.143. The smallest absolute Gasteiger partial charge is 0.261 e. The molecule has 0 fully saturated rings. The van der Waals surface area contributed by atoms with Gasteiger partial charge in [-0.1, -0.05) is 40.2 Å². The quantitative estimate of drug-likeness (QED) is 0.486. The molecule has 1 N–H and O–H groups in total. The second-order valence-corrected chi connectivity index (χ2v) is 7.47. The van der Waals surface area contributed by atoms with Crippen molar-refractivity contribution >= 4 is 38.6 Å². The van der Waals surface area contributed by atoms with Crippen LogP contribution in [0.5, 0.6) is 0 Å². The van der Waals surface area contributed by atoms with Gasteiger partial charge in [0, 0.05) is 23.5 Å². The van der Waals surface area contributed by atoms with Crippen LogP contribution in [-0.4, -0.2) is 25.2 Å². The summed E-state index contributed by atoms with van der Waals surface area (Å²) in [6.45, 7) is 0.799. The molecular weight excluding hydrogens is 434 g/mol. The van der Waals surface area contributed by atoms with Crippen LogP contribution in [-0.2, 0) is 17.9 Å². The molecule has 0 saturated heterocycles. The highest BCUT2D eigenvalue weighted by molar-refractivity contribution is 9.10. The lowest BCUT2D eigenvalue weighted by Crippen LogP contribution is -2.24. The Bertz CT molecular complexity index is 1210. The lowest BCUT2D eigenvalue weighted by atomic mass is 10.2. The van der Waals surface area contributed by atoms with Crippen molar-refractivity contribution in [2.75, 3.05) is 5.32 Å². The summed E-state index contributed by atoms with van der Waals surface area (Å²) in [4.78, 5) is 29.2. The molecule has 8 heteroatoms. The highest BCUT2D eigenvalue weighted by atomic mass is 79.9. The maximum Gasteiger partial charge on any atom is 0.261 e. The molecule has 0 bridgehead atoms. The molecule has 4 aromatic rings. The van der Waals surface area contributed by atoms with Crippen LogP contribution in [0.25, 0.3) is 10.9 Å². The van der Waals surface area contributed by atoms with Crippen LogP contribution in [0, 0.1) is 0 Å². The van der Waals surface area contributed by atoms with E-state index in [1.165, 1.54) is 10.9 Å². The molecular formula is C21H18BrN5O2. The SMILES string of the molecule is O=C(CCn1cnc2ccccc2c1=O)Nc1ccnn1Cc1ccc(Br)cc1. The average molecular weight is 452 g/mol. The van der Waals surface area contributed by atoms with Crippen LogP contribution < -0.4 is 10.9 Å². The van der Waals surface area contributed by atoms with Gasteiger partial charge in [0.2, 0.25) is 5.91 Å². The third kappa shape index (κ3) is 4.43. The van der Waals surface area contributed by atoms with Crippen molar-refractivity contribution in [2.45, 2.75) is 19.5 Å². The zero-order chi connectivity index (χ0) is 20.2. The molecule has 2 heterocycles. The van der Waals surface area contributed by atoms with Gasteiger partial charge in [-0.05, 0) is 29.8 Å². The molecule has 0 spiro atoms. The van der Waals surface area contributed by atoms with Gasteiger partial charge in [0.1, 0.15) is 5.82 Å². The number of nitrogens with zero attached hydrogens (tertiary/aromatic N) is 4. The summed E-state index contributed by atoms with van der Waals surface area (Å²) < 4.78 is 4.19. The van der Waals surface area contributed by atoms with E-state index in [1.807, 2.05) is 30.3 Å². The van der Waals surface area contributed by atoms with Crippen LogP contribution >= 0.6 is 15.9 Å². The van der Waals surface area contributed by atoms with Crippen LogP contribution in [0.2, 0.25) is 0 Å². The van der Waals surface area contributed by atoms with E-state index in [-0.39, 0.29) is 24.4 Å². The summed E-state index contributed by atoms with van der Waals surface area (Å²) in [7, 11) is 0. The molecule has 2 aromatic carbocycles. The Hall–Kier alpha value is -3.26. The number of anilines is 1. The Kier molecular flexibility index (Phi) is 5.53. The number of carbonyl (C=O) groups is 1. The van der Waals surface area contributed by atoms with Crippen molar-refractivity contribution in [2.24, 2.45) is 0 Å². The van der Waals surface area contributed by atoms with E-state index < -0.39 is 0 Å². The van der Waals surface area contributed by atoms with Gasteiger partial charge in [0.25, 0.3) is 5.56 Å². The fourth-order valence-corrected chi connectivity index (χ4v) is 3.28. The Labute approximate surface area is 175 Å². The Balaban J connectivity index is 1.41. The molecule has 0 radical (unpaired) electrons. The average Bonchev–Trinajstić information content (AvgIpc) is 3.16. The summed E-state index contributed by atoms with van der Waals surface area (Å²) in [6.07, 6.45) is 3.28. The first-order chi connectivity index (χ1) is 14.1. The monoisotopic (exact) mass is 451 g/mol. The van der Waals surface area contributed by atoms with Crippen molar-refractivity contribution in [3.63, 3.8) is 0 Å². The van der Waals surface area contributed by atoms with Gasteiger partial charge in [0.15, 0.2) is 0 Å². The van der Waals surface area contributed by atoms with E-state index in [0.29, 0.717) is 23.3 Å². The largest absolute Gasteiger partial charge is 0.311 e. The highest BCUT2D eigenvalue weighted by Gasteiger charge is 2.10. The number of aryl methyl sites for hydroxylation is 1. The number of nitrogens with one attached hydrogen (secondary N) is 1. The number of halogens is 1. The van der Waals surface area contributed by atoms with Gasteiger partial charge in [-0.15, -0.1) is 0 Å². The van der Waals surface area contributed by atoms with Crippen LogP contribution in [0.1, 0.15) is 12.0 Å². The number of fused-ring (bicyclic) bond motifs is 1. The molecule has 0 aliphatic heterocycles. The lowest BCUT2D eigenvalue weighted by molar-refractivity contribution is -0.116. The predicted molar refractivity (Wildman–Crippen MR) is 115 cm³/mol. The standard InChI is InChI=1S/C21H18BrN5O2/c22-16-7-5-15(6-8-16)13-27-19(9-11-24-27)25-20(28)10-12-26-14-23-18-4-2-1-3-17(18)21(26)29/h1-9,11,14H,10,12-13H2,(H,25,28). The first kappa shape index (κ1) is 19.1. The molecule has 7 nitrogen and oxygen atoms in total. The molecule has 0 aliphatic carbocycles. The predicted octanol–water partition coefficient (Wildman–Crippen LogP) is 3.43. The van der Waals surface area contributed by atoms with Crippen LogP contribution in [0.3, 0.4) is 0 Å². The third-order valence-corrected chi connectivity index (χ3v) is 5.07. The summed E-state index contributed by atoms with van der Waals surface area (Å²) >= 11 is 3.42. The maximum absolute atomic E-state index is 12.5. The van der Waals surface area contributed by atoms with Crippen molar-refractivity contribution in [1.29, 1.82) is 0 Å². The van der Waals surface area contributed by atoms with Crippen LogP contribution in [0.4, 0.5) is 5.82 Å². The third-order valence-electron chi connectivity index (χ3n) is 4.54. The normalized spacial score (nSPS) is 10.9. The summed E-state index contributed by atoms with van der Waals surface area (Å²) in [5.41, 5.74) is 1.57. The first-order valence-electron chi connectivity index (χ1n) is 9.10. The van der Waals surface area contributed by atoms with Crippen molar-refractivity contribution in [3.8, 4) is 0 Å². The fourth-order valence-electron chi connectivity index (χ4n) is 3.02. The molecule has 146 valence electrons. The van der Waals surface area contributed by atoms with Crippen molar-refractivity contribution in [1.82, 2.24) is 19.3 Å². The number of amides is 1. The van der Waals surface area contributed by atoms with E-state index >= 15 is 0 Å². The number of rotatable bonds is 6. The molecule has 29 heavy (non-hydrogen) atoms. The van der Waals surface area contributed by atoms with Crippen LogP contribution in [0.15, 0.2) is 76.4 Å². The van der Waals surface area contributed by atoms with E-state index in [0.717, 1.165) is 10.0 Å². The van der Waals surface area contributed by atoms with Gasteiger partial charge in [0.05, 0.1) is 30.0 Å². The second kappa shape index (κ2) is 8.40. The van der Waals surface area contributed by atoms with E-state index in [9.17, 15) is 9.59 Å². The van der Waals surface area contributed by atoms with E-state index in [1.54, 1.807) is 35.1 Å². The molecule has 4 rings (SSSR count). The zero-order valence-electron chi connectivity index (χ0n) is 15.5. The van der Waals surface area contributed by atoms with Gasteiger partial charge in [-0.3, -0.25) is 14.2 Å². The van der Waals surface area contributed by atoms with E-state index in [4.69, 9.17) is 0 Å². The highest BCUT2D eigenvalue weighted by Crippen LogP contribution is 2.14. The van der Waals surface area contributed by atoms with Gasteiger partial charge >= 0.3 is 0 Å². The molecule has 0 atom stereocenters. The number of carbonyl (C=O) groups excluding carboxylic acids is 1. The number of para-hydroxylation sites is 1. The van der Waals surface area contributed by atoms with Crippen molar-refractivity contribution < 1.29 is 4.79 Å². The number of aromatic nitrogens is 4. The lowest BCUT2D eigenvalue weighted by Gasteiger charge is -2.10. The Morgan fingerprint density at radius 1 is 1.07 bits per heavy atom.